The maximum absolute atomic E-state index is 12.2. The first-order valence-corrected chi connectivity index (χ1v) is 9.33. The number of hydrazone groups is 1. The fourth-order valence-corrected chi connectivity index (χ4v) is 2.67. The fourth-order valence-electron chi connectivity index (χ4n) is 2.67. The van der Waals surface area contributed by atoms with E-state index in [1.54, 1.807) is 55.5 Å². The molecule has 0 atom stereocenters. The van der Waals surface area contributed by atoms with E-state index in [2.05, 4.69) is 15.6 Å². The van der Waals surface area contributed by atoms with Crippen molar-refractivity contribution in [3.05, 3.63) is 81.5 Å². The molecule has 0 aliphatic carbocycles. The third-order valence-electron chi connectivity index (χ3n) is 4.25. The van der Waals surface area contributed by atoms with Gasteiger partial charge in [0, 0.05) is 0 Å². The molecule has 0 saturated carbocycles. The molecule has 3 rings (SSSR count). The second-order valence-electron chi connectivity index (χ2n) is 6.52. The van der Waals surface area contributed by atoms with E-state index in [-0.39, 0.29) is 18.1 Å². The van der Waals surface area contributed by atoms with Crippen LogP contribution in [0, 0.1) is 17.0 Å². The zero-order chi connectivity index (χ0) is 23.1. The minimum absolute atomic E-state index is 0.227. The highest BCUT2D eigenvalue weighted by atomic mass is 16.6. The van der Waals surface area contributed by atoms with E-state index < -0.39 is 16.8 Å². The average molecular weight is 437 g/mol. The summed E-state index contributed by atoms with van der Waals surface area (Å²) in [6, 6.07) is 14.6. The van der Waals surface area contributed by atoms with Crippen LogP contribution in [0.1, 0.15) is 21.6 Å². The Hall–Kier alpha value is -4.54. The van der Waals surface area contributed by atoms with Gasteiger partial charge in [0.2, 0.25) is 0 Å². The molecule has 0 spiro atoms. The van der Waals surface area contributed by atoms with E-state index in [0.29, 0.717) is 22.6 Å². The smallest absolute Gasteiger partial charge is 0.390 e. The minimum atomic E-state index is -0.631. The Labute approximate surface area is 182 Å². The number of aromatic nitrogens is 2. The summed E-state index contributed by atoms with van der Waals surface area (Å²) in [6.07, 6.45) is 1.38. The lowest BCUT2D eigenvalue weighted by atomic mass is 10.2. The number of nitrogens with one attached hydrogen (secondary N) is 1. The molecule has 0 bridgehead atoms. The predicted octanol–water partition coefficient (Wildman–Crippen LogP) is 2.48. The molecule has 0 aliphatic rings. The van der Waals surface area contributed by atoms with Crippen LogP contribution in [0.2, 0.25) is 0 Å². The first-order chi connectivity index (χ1) is 15.4. The lowest BCUT2D eigenvalue weighted by Gasteiger charge is -2.10. The number of rotatable bonds is 8. The lowest BCUT2D eigenvalue weighted by molar-refractivity contribution is -0.389. The number of benzene rings is 2. The summed E-state index contributed by atoms with van der Waals surface area (Å²) in [5, 5.41) is 18.4. The molecule has 11 heteroatoms. The van der Waals surface area contributed by atoms with E-state index in [9.17, 15) is 19.7 Å². The van der Waals surface area contributed by atoms with Crippen LogP contribution in [0.4, 0.5) is 5.82 Å². The monoisotopic (exact) mass is 437 g/mol. The minimum Gasteiger partial charge on any atom is -0.493 e. The number of esters is 1. The van der Waals surface area contributed by atoms with Crippen molar-refractivity contribution < 1.29 is 24.0 Å². The average Bonchev–Trinajstić information content (AvgIpc) is 3.15. The molecule has 1 N–H and O–H groups in total. The topological polar surface area (TPSA) is 138 Å². The fraction of sp³-hybridized carbons (Fsp3) is 0.143. The van der Waals surface area contributed by atoms with Crippen molar-refractivity contribution in [3.63, 3.8) is 0 Å². The van der Waals surface area contributed by atoms with Gasteiger partial charge in [-0.1, -0.05) is 18.2 Å². The molecule has 0 fully saturated rings. The Morgan fingerprint density at radius 3 is 2.59 bits per heavy atom. The molecule has 2 aromatic carbocycles. The largest absolute Gasteiger partial charge is 0.493 e. The molecule has 0 radical (unpaired) electrons. The molecule has 0 unspecified atom stereocenters. The molecule has 32 heavy (non-hydrogen) atoms. The molecule has 1 heterocycles. The predicted molar refractivity (Wildman–Crippen MR) is 114 cm³/mol. The number of ether oxygens (including phenoxy) is 2. The number of hydrogen-bond acceptors (Lipinski definition) is 8. The van der Waals surface area contributed by atoms with Crippen LogP contribution in [0.15, 0.2) is 59.7 Å². The molecule has 3 aromatic rings. The van der Waals surface area contributed by atoms with E-state index in [0.717, 1.165) is 0 Å². The van der Waals surface area contributed by atoms with Crippen molar-refractivity contribution >= 4 is 23.9 Å². The van der Waals surface area contributed by atoms with Crippen LogP contribution in [0.25, 0.3) is 0 Å². The first-order valence-electron chi connectivity index (χ1n) is 9.33. The third-order valence-corrected chi connectivity index (χ3v) is 4.25. The Morgan fingerprint density at radius 1 is 1.19 bits per heavy atom. The molecular weight excluding hydrogens is 418 g/mol. The number of amides is 1. The number of carbonyl (C=O) groups excluding carboxylic acids is 2. The SMILES string of the molecule is COc1cc(C=NNC(=O)Cn2nc([N+](=O)[O-])cc2C)ccc1OC(=O)c1ccccc1. The van der Waals surface area contributed by atoms with Crippen LogP contribution in [-0.2, 0) is 11.3 Å². The lowest BCUT2D eigenvalue weighted by Crippen LogP contribution is -2.24. The highest BCUT2D eigenvalue weighted by Crippen LogP contribution is 2.28. The summed E-state index contributed by atoms with van der Waals surface area (Å²) >= 11 is 0. The summed E-state index contributed by atoms with van der Waals surface area (Å²) < 4.78 is 11.9. The van der Waals surface area contributed by atoms with Crippen molar-refractivity contribution in [3.8, 4) is 11.5 Å². The summed E-state index contributed by atoms with van der Waals surface area (Å²) in [4.78, 5) is 34.4. The summed E-state index contributed by atoms with van der Waals surface area (Å²) in [5.41, 5.74) is 3.78. The Morgan fingerprint density at radius 2 is 1.94 bits per heavy atom. The van der Waals surface area contributed by atoms with Crippen molar-refractivity contribution in [2.45, 2.75) is 13.5 Å². The number of carbonyl (C=O) groups is 2. The van der Waals surface area contributed by atoms with Gasteiger partial charge in [0.05, 0.1) is 35.7 Å². The van der Waals surface area contributed by atoms with E-state index in [1.165, 1.54) is 24.1 Å². The number of aryl methyl sites for hydroxylation is 1. The Bertz CT molecular complexity index is 1170. The molecule has 0 saturated heterocycles. The standard InChI is InChI=1S/C21H19N5O6/c1-14-10-19(26(29)30)24-25(14)13-20(27)23-22-12-15-8-9-17(18(11-15)31-2)32-21(28)16-6-4-3-5-7-16/h3-12H,13H2,1-2H3,(H,23,27). The summed E-state index contributed by atoms with van der Waals surface area (Å²) in [7, 11) is 1.43. The van der Waals surface area contributed by atoms with Crippen LogP contribution >= 0.6 is 0 Å². The van der Waals surface area contributed by atoms with Gasteiger partial charge in [-0.3, -0.25) is 4.79 Å². The summed E-state index contributed by atoms with van der Waals surface area (Å²) in [5.74, 6) is -0.823. The van der Waals surface area contributed by atoms with Crippen molar-refractivity contribution in [1.29, 1.82) is 0 Å². The van der Waals surface area contributed by atoms with Gasteiger partial charge in [-0.05, 0) is 47.7 Å². The molecule has 0 aliphatic heterocycles. The van der Waals surface area contributed by atoms with Gasteiger partial charge in [0.25, 0.3) is 5.91 Å². The van der Waals surface area contributed by atoms with E-state index in [1.807, 2.05) is 0 Å². The third kappa shape index (κ3) is 5.53. The quantitative estimate of drug-likeness (QED) is 0.188. The maximum Gasteiger partial charge on any atom is 0.390 e. The second-order valence-corrected chi connectivity index (χ2v) is 6.52. The number of nitro groups is 1. The zero-order valence-electron chi connectivity index (χ0n) is 17.2. The first kappa shape index (κ1) is 22.2. The van der Waals surface area contributed by atoms with Crippen LogP contribution < -0.4 is 14.9 Å². The van der Waals surface area contributed by atoms with Crippen LogP contribution in [0.3, 0.4) is 0 Å². The van der Waals surface area contributed by atoms with Gasteiger partial charge in [0.1, 0.15) is 6.54 Å². The molecule has 11 nitrogen and oxygen atoms in total. The van der Waals surface area contributed by atoms with Crippen molar-refractivity contribution in [2.24, 2.45) is 5.10 Å². The second kappa shape index (κ2) is 9.98. The molecule has 164 valence electrons. The number of nitrogens with zero attached hydrogens (tertiary/aromatic N) is 4. The molecule has 1 aromatic heterocycles. The Balaban J connectivity index is 1.61. The van der Waals surface area contributed by atoms with Gasteiger partial charge in [-0.15, -0.1) is 0 Å². The van der Waals surface area contributed by atoms with Gasteiger partial charge in [-0.25, -0.2) is 10.2 Å². The number of hydrogen-bond donors (Lipinski definition) is 1. The molecule has 1 amide bonds. The van der Waals surface area contributed by atoms with Crippen LogP contribution in [-0.4, -0.2) is 39.9 Å². The van der Waals surface area contributed by atoms with Gasteiger partial charge >= 0.3 is 11.8 Å². The maximum atomic E-state index is 12.2. The Kier molecular flexibility index (Phi) is 6.91. The molecular formula is C21H19N5O6. The highest BCUT2D eigenvalue weighted by molar-refractivity contribution is 5.91. The van der Waals surface area contributed by atoms with Crippen LogP contribution in [0.5, 0.6) is 11.5 Å². The summed E-state index contributed by atoms with van der Waals surface area (Å²) in [6.45, 7) is 1.38. The zero-order valence-corrected chi connectivity index (χ0v) is 17.2. The van der Waals surface area contributed by atoms with E-state index in [4.69, 9.17) is 9.47 Å². The number of methoxy groups -OCH3 is 1. The van der Waals surface area contributed by atoms with Gasteiger partial charge in [0.15, 0.2) is 11.5 Å². The van der Waals surface area contributed by atoms with Crippen molar-refractivity contribution in [2.75, 3.05) is 7.11 Å². The highest BCUT2D eigenvalue weighted by Gasteiger charge is 2.17. The van der Waals surface area contributed by atoms with Gasteiger partial charge in [-0.2, -0.15) is 9.78 Å². The van der Waals surface area contributed by atoms with Gasteiger partial charge < -0.3 is 19.6 Å². The van der Waals surface area contributed by atoms with E-state index >= 15 is 0 Å². The van der Waals surface area contributed by atoms with Crippen molar-refractivity contribution in [1.82, 2.24) is 15.2 Å². The normalized spacial score (nSPS) is 10.7.